The van der Waals surface area contributed by atoms with Gasteiger partial charge < -0.3 is 5.73 Å². The molecule has 0 aliphatic rings. The molecule has 1 heteroatoms. The Hall–Kier alpha value is -0.820. The molecule has 0 saturated heterocycles. The molecule has 0 rings (SSSR count). The summed E-state index contributed by atoms with van der Waals surface area (Å²) in [6, 6.07) is 0. The number of allylic oxidation sites excluding steroid dienone is 3. The van der Waals surface area contributed by atoms with Crippen LogP contribution in [0.5, 0.6) is 0 Å². The first-order chi connectivity index (χ1) is 5.35. The highest BCUT2D eigenvalue weighted by molar-refractivity contribution is 5.20. The Labute approximate surface area is 70.3 Å². The van der Waals surface area contributed by atoms with Crippen LogP contribution in [0.3, 0.4) is 0 Å². The number of nitrogens with two attached hydrogens (primary N) is 1. The van der Waals surface area contributed by atoms with Gasteiger partial charge in [0.2, 0.25) is 0 Å². The summed E-state index contributed by atoms with van der Waals surface area (Å²) in [4.78, 5) is 0. The first-order valence-electron chi connectivity index (χ1n) is 3.99. The zero-order chi connectivity index (χ0) is 9.11. The molecule has 1 nitrogen and oxygen atoms in total. The Morgan fingerprint density at radius 3 is 2.18 bits per heavy atom. The van der Waals surface area contributed by atoms with E-state index in [2.05, 4.69) is 13.2 Å². The van der Waals surface area contributed by atoms with Crippen molar-refractivity contribution in [3.05, 3.63) is 37.0 Å². The normalized spacial score (nSPS) is 9.55. The van der Waals surface area contributed by atoms with Gasteiger partial charge in [0.15, 0.2) is 0 Å². The zero-order valence-corrected chi connectivity index (χ0v) is 7.64. The standard InChI is InChI=1S/C8H13N.C2H6/c1-3-5-8(4-2)6-7-9;1-2/h3-5H,1-2,6-7,9H2;1-2H3/b8-5+;. The third-order valence-electron chi connectivity index (χ3n) is 1.03. The molecule has 0 aromatic rings. The maximum atomic E-state index is 5.31. The third-order valence-corrected chi connectivity index (χ3v) is 1.03. The van der Waals surface area contributed by atoms with E-state index in [1.54, 1.807) is 12.2 Å². The molecular formula is C10H19N. The minimum absolute atomic E-state index is 0.672. The van der Waals surface area contributed by atoms with Gasteiger partial charge in [-0.2, -0.15) is 0 Å². The van der Waals surface area contributed by atoms with Crippen LogP contribution in [0.2, 0.25) is 0 Å². The van der Waals surface area contributed by atoms with Crippen molar-refractivity contribution in [1.82, 2.24) is 0 Å². The quantitative estimate of drug-likeness (QED) is 0.617. The second-order valence-corrected chi connectivity index (χ2v) is 1.72. The van der Waals surface area contributed by atoms with Crippen LogP contribution in [0.15, 0.2) is 37.0 Å². The van der Waals surface area contributed by atoms with Crippen molar-refractivity contribution in [3.8, 4) is 0 Å². The van der Waals surface area contributed by atoms with Crippen molar-refractivity contribution in [2.45, 2.75) is 20.3 Å². The highest BCUT2D eigenvalue weighted by Crippen LogP contribution is 1.99. The molecule has 0 aromatic carbocycles. The lowest BCUT2D eigenvalue weighted by molar-refractivity contribution is 0.974. The van der Waals surface area contributed by atoms with E-state index in [4.69, 9.17) is 5.73 Å². The molecule has 0 amide bonds. The topological polar surface area (TPSA) is 26.0 Å². The molecule has 0 bridgehead atoms. The van der Waals surface area contributed by atoms with Crippen molar-refractivity contribution in [3.63, 3.8) is 0 Å². The van der Waals surface area contributed by atoms with E-state index >= 15 is 0 Å². The van der Waals surface area contributed by atoms with Crippen LogP contribution in [0.25, 0.3) is 0 Å². The van der Waals surface area contributed by atoms with E-state index in [0.29, 0.717) is 6.54 Å². The molecule has 0 spiro atoms. The summed E-state index contributed by atoms with van der Waals surface area (Å²) in [5.74, 6) is 0. The Bertz CT molecular complexity index is 123. The van der Waals surface area contributed by atoms with Gasteiger partial charge in [-0.15, -0.1) is 0 Å². The molecule has 11 heavy (non-hydrogen) atoms. The van der Waals surface area contributed by atoms with Gasteiger partial charge in [0.25, 0.3) is 0 Å². The van der Waals surface area contributed by atoms with Gasteiger partial charge in [-0.3, -0.25) is 0 Å². The highest BCUT2D eigenvalue weighted by atomic mass is 14.5. The summed E-state index contributed by atoms with van der Waals surface area (Å²) in [6.45, 7) is 11.9. The smallest absolute Gasteiger partial charge is 0.00367 e. The fraction of sp³-hybridized carbons (Fsp3) is 0.400. The van der Waals surface area contributed by atoms with Crippen LogP contribution in [-0.4, -0.2) is 6.54 Å². The van der Waals surface area contributed by atoms with Crippen LogP contribution in [0.1, 0.15) is 20.3 Å². The molecule has 0 aromatic heterocycles. The summed E-state index contributed by atoms with van der Waals surface area (Å²) in [7, 11) is 0. The average molecular weight is 153 g/mol. The maximum Gasteiger partial charge on any atom is -0.00367 e. The molecule has 64 valence electrons. The molecule has 0 fully saturated rings. The van der Waals surface area contributed by atoms with E-state index in [9.17, 15) is 0 Å². The largest absolute Gasteiger partial charge is 0.330 e. The van der Waals surface area contributed by atoms with Crippen LogP contribution >= 0.6 is 0 Å². The molecule has 0 aliphatic carbocycles. The van der Waals surface area contributed by atoms with Gasteiger partial charge in [-0.05, 0) is 18.5 Å². The second kappa shape index (κ2) is 11.9. The van der Waals surface area contributed by atoms with Crippen molar-refractivity contribution in [2.24, 2.45) is 5.73 Å². The van der Waals surface area contributed by atoms with Gasteiger partial charge in [0.1, 0.15) is 0 Å². The molecule has 2 N–H and O–H groups in total. The SMILES string of the molecule is C=C/C=C(\C=C)CCN.CC. The Morgan fingerprint density at radius 2 is 1.91 bits per heavy atom. The molecular weight excluding hydrogens is 134 g/mol. The fourth-order valence-electron chi connectivity index (χ4n) is 0.571. The van der Waals surface area contributed by atoms with Crippen molar-refractivity contribution in [1.29, 1.82) is 0 Å². The van der Waals surface area contributed by atoms with E-state index in [0.717, 1.165) is 12.0 Å². The molecule has 0 heterocycles. The molecule has 0 radical (unpaired) electrons. The number of hydrogen-bond donors (Lipinski definition) is 1. The lowest BCUT2D eigenvalue weighted by Crippen LogP contribution is -1.98. The highest BCUT2D eigenvalue weighted by Gasteiger charge is 1.84. The van der Waals surface area contributed by atoms with Crippen molar-refractivity contribution in [2.75, 3.05) is 6.54 Å². The van der Waals surface area contributed by atoms with E-state index < -0.39 is 0 Å². The molecule has 0 aliphatic heterocycles. The summed E-state index contributed by atoms with van der Waals surface area (Å²) < 4.78 is 0. The van der Waals surface area contributed by atoms with Gasteiger partial charge in [-0.25, -0.2) is 0 Å². The predicted octanol–water partition coefficient (Wildman–Crippen LogP) is 2.66. The summed E-state index contributed by atoms with van der Waals surface area (Å²) >= 11 is 0. The monoisotopic (exact) mass is 153 g/mol. The summed E-state index contributed by atoms with van der Waals surface area (Å²) in [5, 5.41) is 0. The van der Waals surface area contributed by atoms with E-state index in [-0.39, 0.29) is 0 Å². The Morgan fingerprint density at radius 1 is 1.36 bits per heavy atom. The lowest BCUT2D eigenvalue weighted by atomic mass is 10.2. The minimum atomic E-state index is 0.672. The van der Waals surface area contributed by atoms with Gasteiger partial charge in [0, 0.05) is 0 Å². The van der Waals surface area contributed by atoms with Gasteiger partial charge in [0.05, 0.1) is 0 Å². The number of rotatable bonds is 4. The van der Waals surface area contributed by atoms with Crippen LogP contribution in [-0.2, 0) is 0 Å². The zero-order valence-electron chi connectivity index (χ0n) is 7.64. The maximum absolute atomic E-state index is 5.31. The first-order valence-corrected chi connectivity index (χ1v) is 3.99. The van der Waals surface area contributed by atoms with Crippen molar-refractivity contribution >= 4 is 0 Å². The van der Waals surface area contributed by atoms with Gasteiger partial charge in [-0.1, -0.05) is 45.2 Å². The Kier molecular flexibility index (Phi) is 13.9. The summed E-state index contributed by atoms with van der Waals surface area (Å²) in [5.41, 5.74) is 6.46. The van der Waals surface area contributed by atoms with Gasteiger partial charge >= 0.3 is 0 Å². The second-order valence-electron chi connectivity index (χ2n) is 1.72. The van der Waals surface area contributed by atoms with E-state index in [1.165, 1.54) is 0 Å². The lowest BCUT2D eigenvalue weighted by Gasteiger charge is -1.94. The van der Waals surface area contributed by atoms with Crippen LogP contribution < -0.4 is 5.73 Å². The molecule has 0 saturated carbocycles. The van der Waals surface area contributed by atoms with E-state index in [1.807, 2.05) is 19.9 Å². The predicted molar refractivity (Wildman–Crippen MR) is 53.5 cm³/mol. The third kappa shape index (κ3) is 9.18. The Balaban J connectivity index is 0. The minimum Gasteiger partial charge on any atom is -0.330 e. The summed E-state index contributed by atoms with van der Waals surface area (Å²) in [6.07, 6.45) is 6.34. The molecule has 0 atom stereocenters. The van der Waals surface area contributed by atoms with Crippen LogP contribution in [0, 0.1) is 0 Å². The van der Waals surface area contributed by atoms with Crippen LogP contribution in [0.4, 0.5) is 0 Å². The van der Waals surface area contributed by atoms with Crippen molar-refractivity contribution < 1.29 is 0 Å². The first kappa shape index (κ1) is 12.8. The fourth-order valence-corrected chi connectivity index (χ4v) is 0.571. The average Bonchev–Trinajstić information content (AvgIpc) is 2.08. The number of hydrogen-bond acceptors (Lipinski definition) is 1. The molecule has 0 unspecified atom stereocenters.